The molecule has 1 aromatic heterocycles. The molecule has 1 saturated heterocycles. The molecule has 2 aromatic rings. The number of anilines is 2. The van der Waals surface area contributed by atoms with Gasteiger partial charge in [0, 0.05) is 32.5 Å². The average molecular weight is 464 g/mol. The van der Waals surface area contributed by atoms with Crippen molar-refractivity contribution in [1.29, 1.82) is 5.26 Å². The van der Waals surface area contributed by atoms with E-state index in [4.69, 9.17) is 4.74 Å². The van der Waals surface area contributed by atoms with Gasteiger partial charge in [0.25, 0.3) is 5.91 Å². The lowest BCUT2D eigenvalue weighted by molar-refractivity contribution is -0.123. The molecule has 34 heavy (non-hydrogen) atoms. The molecule has 8 nitrogen and oxygen atoms in total. The van der Waals surface area contributed by atoms with Crippen LogP contribution in [0.2, 0.25) is 0 Å². The summed E-state index contributed by atoms with van der Waals surface area (Å²) in [6, 6.07) is 12.8. The lowest BCUT2D eigenvalue weighted by Gasteiger charge is -2.28. The summed E-state index contributed by atoms with van der Waals surface area (Å²) in [6.45, 7) is 10.2. The Balaban J connectivity index is 1.80. The Kier molecular flexibility index (Phi) is 7.27. The molecule has 1 unspecified atom stereocenters. The van der Waals surface area contributed by atoms with Gasteiger partial charge in [0.2, 0.25) is 0 Å². The van der Waals surface area contributed by atoms with Crippen molar-refractivity contribution in [1.82, 2.24) is 9.88 Å². The van der Waals surface area contributed by atoms with Crippen LogP contribution in [0.25, 0.3) is 0 Å². The zero-order chi connectivity index (χ0) is 25.1. The number of carbonyl (C=O) groups is 2. The minimum absolute atomic E-state index is 0.179. The third kappa shape index (κ3) is 5.05. The summed E-state index contributed by atoms with van der Waals surface area (Å²) in [5.41, 5.74) is 0.526. The number of urea groups is 1. The quantitative estimate of drug-likeness (QED) is 0.551. The molecule has 3 rings (SSSR count). The maximum absolute atomic E-state index is 13.4. The molecule has 1 N–H and O–H groups in total. The molecule has 1 aliphatic heterocycles. The van der Waals surface area contributed by atoms with Gasteiger partial charge >= 0.3 is 6.03 Å². The largest absolute Gasteiger partial charge is 0.385 e. The van der Waals surface area contributed by atoms with Crippen LogP contribution in [-0.4, -0.2) is 47.1 Å². The molecule has 1 aliphatic rings. The number of amides is 3. The molecule has 1 fully saturated rings. The van der Waals surface area contributed by atoms with Gasteiger partial charge in [-0.2, -0.15) is 5.26 Å². The van der Waals surface area contributed by atoms with E-state index in [0.717, 1.165) is 17.5 Å². The van der Waals surface area contributed by atoms with Crippen molar-refractivity contribution in [3.05, 3.63) is 53.7 Å². The van der Waals surface area contributed by atoms with Gasteiger partial charge in [-0.25, -0.2) is 14.7 Å². The Morgan fingerprint density at radius 2 is 1.88 bits per heavy atom. The van der Waals surface area contributed by atoms with Gasteiger partial charge < -0.3 is 15.0 Å². The van der Waals surface area contributed by atoms with E-state index in [1.54, 1.807) is 56.3 Å². The van der Waals surface area contributed by atoms with Gasteiger partial charge in [-0.05, 0) is 76.4 Å². The summed E-state index contributed by atoms with van der Waals surface area (Å²) >= 11 is 0. The monoisotopic (exact) mass is 463 g/mol. The van der Waals surface area contributed by atoms with E-state index in [1.165, 1.54) is 4.90 Å². The maximum atomic E-state index is 13.4. The average Bonchev–Trinajstić information content (AvgIpc) is 2.97. The van der Waals surface area contributed by atoms with Gasteiger partial charge in [-0.1, -0.05) is 12.1 Å². The number of methoxy groups -OCH3 is 1. The lowest BCUT2D eigenvalue weighted by atomic mass is 9.86. The van der Waals surface area contributed by atoms with Gasteiger partial charge in [-0.3, -0.25) is 4.79 Å². The number of imide groups is 1. The number of ether oxygens (including phenoxy) is 1. The maximum Gasteiger partial charge on any atom is 0.332 e. The van der Waals surface area contributed by atoms with Crippen molar-refractivity contribution in [3.63, 3.8) is 0 Å². The Morgan fingerprint density at radius 1 is 1.21 bits per heavy atom. The summed E-state index contributed by atoms with van der Waals surface area (Å²) in [6.07, 6.45) is 2.54. The lowest BCUT2D eigenvalue weighted by Crippen LogP contribution is -2.43. The molecule has 8 heteroatoms. The van der Waals surface area contributed by atoms with E-state index in [2.05, 4.69) is 23.3 Å². The summed E-state index contributed by atoms with van der Waals surface area (Å²) in [4.78, 5) is 33.8. The molecule has 0 radical (unpaired) electrons. The highest BCUT2D eigenvalue weighted by Gasteiger charge is 2.51. The van der Waals surface area contributed by atoms with E-state index >= 15 is 0 Å². The number of nitriles is 1. The minimum Gasteiger partial charge on any atom is -0.385 e. The van der Waals surface area contributed by atoms with Crippen LogP contribution < -0.4 is 10.2 Å². The molecule has 0 bridgehead atoms. The van der Waals surface area contributed by atoms with Crippen molar-refractivity contribution in [3.8, 4) is 6.07 Å². The fraction of sp³-hybridized carbons (Fsp3) is 0.462. The second-order valence-corrected chi connectivity index (χ2v) is 9.73. The van der Waals surface area contributed by atoms with E-state index in [9.17, 15) is 14.9 Å². The van der Waals surface area contributed by atoms with E-state index in [-0.39, 0.29) is 24.5 Å². The Hall–Kier alpha value is -3.44. The molecular formula is C26H33N5O3. The molecule has 0 aliphatic carbocycles. The van der Waals surface area contributed by atoms with Gasteiger partial charge in [0.15, 0.2) is 0 Å². The van der Waals surface area contributed by atoms with Crippen molar-refractivity contribution in [2.45, 2.75) is 64.6 Å². The topological polar surface area (TPSA) is 98.6 Å². The molecule has 2 heterocycles. The third-order valence-electron chi connectivity index (χ3n) is 6.26. The first-order valence-corrected chi connectivity index (χ1v) is 11.4. The van der Waals surface area contributed by atoms with Crippen LogP contribution in [0.1, 0.15) is 52.2 Å². The summed E-state index contributed by atoms with van der Waals surface area (Å²) in [5, 5.41) is 12.7. The molecule has 0 saturated carbocycles. The van der Waals surface area contributed by atoms with Crippen LogP contribution in [0.5, 0.6) is 0 Å². The van der Waals surface area contributed by atoms with E-state index < -0.39 is 11.0 Å². The zero-order valence-electron chi connectivity index (χ0n) is 20.8. The second kappa shape index (κ2) is 9.82. The number of hydrogen-bond donors (Lipinski definition) is 1. The summed E-state index contributed by atoms with van der Waals surface area (Å²) < 4.78 is 5.13. The number of nitrogens with zero attached hydrogens (tertiary/aromatic N) is 4. The third-order valence-corrected chi connectivity index (χ3v) is 6.26. The molecule has 1 atom stereocenters. The molecule has 1 aromatic carbocycles. The number of hydrogen-bond acceptors (Lipinski definition) is 6. The van der Waals surface area contributed by atoms with Crippen LogP contribution in [0, 0.1) is 11.3 Å². The van der Waals surface area contributed by atoms with Crippen molar-refractivity contribution in [2.24, 2.45) is 0 Å². The minimum atomic E-state index is -1.01. The fourth-order valence-electron chi connectivity index (χ4n) is 3.87. The van der Waals surface area contributed by atoms with E-state index in [1.807, 2.05) is 26.0 Å². The van der Waals surface area contributed by atoms with Gasteiger partial charge in [0.05, 0.1) is 17.2 Å². The smallest absolute Gasteiger partial charge is 0.332 e. The number of pyridine rings is 1. The predicted molar refractivity (Wildman–Crippen MR) is 131 cm³/mol. The number of benzene rings is 1. The van der Waals surface area contributed by atoms with Crippen molar-refractivity contribution in [2.75, 3.05) is 23.9 Å². The first kappa shape index (κ1) is 25.2. The molecule has 180 valence electrons. The van der Waals surface area contributed by atoms with Crippen LogP contribution >= 0.6 is 0 Å². The normalized spacial score (nSPS) is 16.5. The van der Waals surface area contributed by atoms with Crippen LogP contribution in [0.4, 0.5) is 16.3 Å². The molecule has 0 spiro atoms. The summed E-state index contributed by atoms with van der Waals surface area (Å²) in [5.74, 6) is 0.426. The Bertz CT molecular complexity index is 1090. The second-order valence-electron chi connectivity index (χ2n) is 9.73. The number of nitrogens with one attached hydrogen (secondary N) is 1. The van der Waals surface area contributed by atoms with Gasteiger partial charge in [-0.15, -0.1) is 0 Å². The van der Waals surface area contributed by atoms with Crippen molar-refractivity contribution < 1.29 is 14.3 Å². The van der Waals surface area contributed by atoms with Crippen LogP contribution in [0.3, 0.4) is 0 Å². The number of aromatic nitrogens is 1. The SMILES string of the molecule is COCCC(C)Nc1cc(CN2C(=O)N(c3ccc(C(C)(C)C#N)cc3)C(=O)C2(C)C)ccn1. The predicted octanol–water partition coefficient (Wildman–Crippen LogP) is 4.47. The standard InChI is InChI=1S/C26H33N5O3/c1-18(12-14-34-6)29-22-15-19(11-13-28-22)16-30-24(33)31(23(32)26(30,4)5)21-9-7-20(8-10-21)25(2,3)17-27/h7-11,13,15,18H,12,14,16H2,1-6H3,(H,28,29). The van der Waals surface area contributed by atoms with Crippen LogP contribution in [0.15, 0.2) is 42.6 Å². The first-order valence-electron chi connectivity index (χ1n) is 11.4. The van der Waals surface area contributed by atoms with Gasteiger partial charge in [0.1, 0.15) is 11.4 Å². The fourth-order valence-corrected chi connectivity index (χ4v) is 3.87. The molecular weight excluding hydrogens is 430 g/mol. The van der Waals surface area contributed by atoms with Crippen molar-refractivity contribution >= 4 is 23.4 Å². The highest BCUT2D eigenvalue weighted by Crippen LogP contribution is 2.34. The van der Waals surface area contributed by atoms with Crippen LogP contribution in [-0.2, 0) is 21.5 Å². The first-order chi connectivity index (χ1) is 16.0. The molecule has 3 amide bonds. The van der Waals surface area contributed by atoms with E-state index in [0.29, 0.717) is 18.1 Å². The Morgan fingerprint density at radius 3 is 2.50 bits per heavy atom. The highest BCUT2D eigenvalue weighted by molar-refractivity contribution is 6.22. The zero-order valence-corrected chi connectivity index (χ0v) is 20.8. The number of rotatable bonds is 9. The highest BCUT2D eigenvalue weighted by atomic mass is 16.5. The summed E-state index contributed by atoms with van der Waals surface area (Å²) in [7, 11) is 1.67. The number of carbonyl (C=O) groups excluding carboxylic acids is 2. The Labute approximate surface area is 201 Å².